The molecule has 5 rings (SSSR count). The number of amides is 1. The van der Waals surface area contributed by atoms with E-state index in [1.54, 1.807) is 6.92 Å². The lowest BCUT2D eigenvalue weighted by atomic mass is 9.98. The Labute approximate surface area is 203 Å². The van der Waals surface area contributed by atoms with E-state index in [4.69, 9.17) is 9.15 Å². The Morgan fingerprint density at radius 3 is 2.69 bits per heavy atom. The summed E-state index contributed by atoms with van der Waals surface area (Å²) in [6, 6.07) is 10.1. The van der Waals surface area contributed by atoms with Gasteiger partial charge in [-0.2, -0.15) is 0 Å². The van der Waals surface area contributed by atoms with Crippen molar-refractivity contribution in [1.82, 2.24) is 4.98 Å². The van der Waals surface area contributed by atoms with Crippen LogP contribution < -0.4 is 10.3 Å². The minimum absolute atomic E-state index is 0.0349. The molecular formula is C26H19FN2O5S. The minimum Gasteiger partial charge on any atom is -0.457 e. The topological polar surface area (TPSA) is 89.7 Å². The highest BCUT2D eigenvalue weighted by Gasteiger charge is 2.45. The molecule has 1 atom stereocenters. The van der Waals surface area contributed by atoms with Crippen LogP contribution in [0.2, 0.25) is 0 Å². The van der Waals surface area contributed by atoms with Crippen molar-refractivity contribution in [3.05, 3.63) is 104 Å². The van der Waals surface area contributed by atoms with Gasteiger partial charge in [0.2, 0.25) is 5.76 Å². The molecule has 0 saturated carbocycles. The Bertz CT molecular complexity index is 1570. The number of anilines is 1. The van der Waals surface area contributed by atoms with Gasteiger partial charge < -0.3 is 9.15 Å². The van der Waals surface area contributed by atoms with Crippen LogP contribution in [0, 0.1) is 19.7 Å². The Morgan fingerprint density at radius 1 is 1.23 bits per heavy atom. The molecule has 0 saturated heterocycles. The third-order valence-electron chi connectivity index (χ3n) is 5.73. The van der Waals surface area contributed by atoms with Crippen LogP contribution in [-0.2, 0) is 4.74 Å². The maximum Gasteiger partial charge on any atom is 0.350 e. The first kappa shape index (κ1) is 22.7. The van der Waals surface area contributed by atoms with E-state index < -0.39 is 29.2 Å². The zero-order chi connectivity index (χ0) is 24.9. The Balaban J connectivity index is 1.72. The van der Waals surface area contributed by atoms with Gasteiger partial charge in [0.05, 0.1) is 22.7 Å². The standard InChI is InChI=1S/C26H19FN2O5S/c1-4-11-33-25(32)23-14(3)28-26(35-23)29-20(15-7-5-13(2)6-8-15)19-21(30)17-12-16(27)9-10-18(17)34-22(19)24(29)31/h4-10,12,20H,1,11H2,2-3H3. The second-order valence-corrected chi connectivity index (χ2v) is 9.08. The molecule has 0 aliphatic carbocycles. The van der Waals surface area contributed by atoms with E-state index in [1.807, 2.05) is 31.2 Å². The summed E-state index contributed by atoms with van der Waals surface area (Å²) in [6.45, 7) is 7.13. The van der Waals surface area contributed by atoms with Crippen LogP contribution in [0.4, 0.5) is 9.52 Å². The highest BCUT2D eigenvalue weighted by Crippen LogP contribution is 2.43. The van der Waals surface area contributed by atoms with E-state index in [0.717, 1.165) is 29.0 Å². The van der Waals surface area contributed by atoms with Gasteiger partial charge in [-0.15, -0.1) is 0 Å². The molecule has 0 spiro atoms. The number of halogens is 1. The number of aryl methyl sites for hydroxylation is 2. The number of rotatable bonds is 5. The number of aromatic nitrogens is 1. The molecular weight excluding hydrogens is 471 g/mol. The van der Waals surface area contributed by atoms with Crippen LogP contribution in [0.5, 0.6) is 0 Å². The lowest BCUT2D eigenvalue weighted by Crippen LogP contribution is -2.29. The number of hydrogen-bond donors (Lipinski definition) is 0. The maximum absolute atomic E-state index is 13.9. The number of thiazole rings is 1. The monoisotopic (exact) mass is 490 g/mol. The van der Waals surface area contributed by atoms with Gasteiger partial charge in [-0.3, -0.25) is 14.5 Å². The van der Waals surface area contributed by atoms with Crippen LogP contribution in [0.3, 0.4) is 0 Å². The number of carbonyl (C=O) groups excluding carboxylic acids is 2. The van der Waals surface area contributed by atoms with Gasteiger partial charge in [0.15, 0.2) is 10.6 Å². The molecule has 1 aliphatic heterocycles. The van der Waals surface area contributed by atoms with Crippen molar-refractivity contribution in [2.75, 3.05) is 11.5 Å². The smallest absolute Gasteiger partial charge is 0.350 e. The molecule has 4 aromatic rings. The average molecular weight is 491 g/mol. The molecule has 176 valence electrons. The predicted octanol–water partition coefficient (Wildman–Crippen LogP) is 5.10. The van der Waals surface area contributed by atoms with Crippen molar-refractivity contribution in [3.8, 4) is 0 Å². The molecule has 0 fully saturated rings. The predicted molar refractivity (Wildman–Crippen MR) is 130 cm³/mol. The summed E-state index contributed by atoms with van der Waals surface area (Å²) in [5.74, 6) is -1.88. The van der Waals surface area contributed by atoms with Gasteiger partial charge in [-0.25, -0.2) is 14.2 Å². The molecule has 9 heteroatoms. The molecule has 2 aromatic carbocycles. The fourth-order valence-corrected chi connectivity index (χ4v) is 5.07. The molecule has 35 heavy (non-hydrogen) atoms. The number of carbonyl (C=O) groups is 2. The normalized spacial score (nSPS) is 14.9. The SMILES string of the molecule is C=CCOC(=O)c1sc(N2C(=O)c3oc4ccc(F)cc4c(=O)c3C2c2ccc(C)cc2)nc1C. The van der Waals surface area contributed by atoms with Crippen LogP contribution in [0.1, 0.15) is 48.7 Å². The fourth-order valence-electron chi connectivity index (χ4n) is 4.08. The number of hydrogen-bond acceptors (Lipinski definition) is 7. The summed E-state index contributed by atoms with van der Waals surface area (Å²) in [6.07, 6.45) is 1.45. The van der Waals surface area contributed by atoms with Gasteiger partial charge in [-0.05, 0) is 37.6 Å². The van der Waals surface area contributed by atoms with Crippen molar-refractivity contribution < 1.29 is 23.1 Å². The van der Waals surface area contributed by atoms with E-state index in [2.05, 4.69) is 11.6 Å². The summed E-state index contributed by atoms with van der Waals surface area (Å²) in [5.41, 5.74) is 1.74. The first-order chi connectivity index (χ1) is 16.8. The second kappa shape index (κ2) is 8.59. The first-order valence-electron chi connectivity index (χ1n) is 10.7. The summed E-state index contributed by atoms with van der Waals surface area (Å²) in [5, 5.41) is 0.254. The molecule has 2 aromatic heterocycles. The van der Waals surface area contributed by atoms with Gasteiger partial charge >= 0.3 is 5.97 Å². The highest BCUT2D eigenvalue weighted by molar-refractivity contribution is 7.17. The Hall–Kier alpha value is -4.11. The maximum atomic E-state index is 13.9. The molecule has 3 heterocycles. The molecule has 1 unspecified atom stereocenters. The number of esters is 1. The minimum atomic E-state index is -0.871. The number of ether oxygens (including phenoxy) is 1. The molecule has 0 N–H and O–H groups in total. The van der Waals surface area contributed by atoms with E-state index in [1.165, 1.54) is 17.0 Å². The summed E-state index contributed by atoms with van der Waals surface area (Å²) >= 11 is 0.985. The van der Waals surface area contributed by atoms with Gasteiger partial charge in [0.1, 0.15) is 22.9 Å². The molecule has 7 nitrogen and oxygen atoms in total. The van der Waals surface area contributed by atoms with Crippen molar-refractivity contribution in [1.29, 1.82) is 0 Å². The zero-order valence-corrected chi connectivity index (χ0v) is 19.6. The fraction of sp³-hybridized carbons (Fsp3) is 0.154. The Morgan fingerprint density at radius 2 is 1.97 bits per heavy atom. The summed E-state index contributed by atoms with van der Waals surface area (Å²) in [7, 11) is 0. The quantitative estimate of drug-likeness (QED) is 0.286. The molecule has 1 aliphatic rings. The van der Waals surface area contributed by atoms with Crippen molar-refractivity contribution in [2.24, 2.45) is 0 Å². The van der Waals surface area contributed by atoms with Crippen LogP contribution in [0.15, 0.2) is 64.3 Å². The third-order valence-corrected chi connectivity index (χ3v) is 6.87. The average Bonchev–Trinajstić information content (AvgIpc) is 3.36. The van der Waals surface area contributed by atoms with E-state index in [0.29, 0.717) is 11.3 Å². The van der Waals surface area contributed by atoms with Gasteiger partial charge in [-0.1, -0.05) is 53.8 Å². The van der Waals surface area contributed by atoms with Crippen molar-refractivity contribution in [3.63, 3.8) is 0 Å². The van der Waals surface area contributed by atoms with Crippen LogP contribution >= 0.6 is 11.3 Å². The number of fused-ring (bicyclic) bond motifs is 2. The van der Waals surface area contributed by atoms with Gasteiger partial charge in [0, 0.05) is 0 Å². The lowest BCUT2D eigenvalue weighted by Gasteiger charge is -2.22. The highest BCUT2D eigenvalue weighted by atomic mass is 32.1. The zero-order valence-electron chi connectivity index (χ0n) is 18.8. The summed E-state index contributed by atoms with van der Waals surface area (Å²) in [4.78, 5) is 45.7. The van der Waals surface area contributed by atoms with Crippen molar-refractivity contribution in [2.45, 2.75) is 19.9 Å². The van der Waals surface area contributed by atoms with Crippen LogP contribution in [-0.4, -0.2) is 23.5 Å². The van der Waals surface area contributed by atoms with Gasteiger partial charge in [0.25, 0.3) is 5.91 Å². The molecule has 0 radical (unpaired) electrons. The molecule has 1 amide bonds. The van der Waals surface area contributed by atoms with E-state index >= 15 is 0 Å². The third kappa shape index (κ3) is 3.74. The molecule has 0 bridgehead atoms. The van der Waals surface area contributed by atoms with Crippen molar-refractivity contribution >= 4 is 39.3 Å². The van der Waals surface area contributed by atoms with Crippen LogP contribution in [0.25, 0.3) is 11.0 Å². The Kier molecular flexibility index (Phi) is 5.56. The largest absolute Gasteiger partial charge is 0.457 e. The first-order valence-corrected chi connectivity index (χ1v) is 11.5. The lowest BCUT2D eigenvalue weighted by molar-refractivity contribution is 0.0554. The van der Waals surface area contributed by atoms with E-state index in [-0.39, 0.29) is 38.9 Å². The number of nitrogens with zero attached hydrogens (tertiary/aromatic N) is 2. The van der Waals surface area contributed by atoms with E-state index in [9.17, 15) is 18.8 Å². The summed E-state index contributed by atoms with van der Waals surface area (Å²) < 4.78 is 24.9. The second-order valence-electron chi connectivity index (χ2n) is 8.10. The number of benzene rings is 2.